The van der Waals surface area contributed by atoms with E-state index in [0.717, 1.165) is 36.1 Å². The largest absolute Gasteiger partial charge is 0.416 e. The first-order valence-corrected chi connectivity index (χ1v) is 10.3. The summed E-state index contributed by atoms with van der Waals surface area (Å²) >= 11 is 0. The molecule has 2 heterocycles. The van der Waals surface area contributed by atoms with Crippen LogP contribution in [-0.2, 0) is 6.18 Å². The molecule has 0 radical (unpaired) electrons. The van der Waals surface area contributed by atoms with Gasteiger partial charge in [0.15, 0.2) is 0 Å². The van der Waals surface area contributed by atoms with Gasteiger partial charge in [-0.15, -0.1) is 0 Å². The third kappa shape index (κ3) is 4.66. The van der Waals surface area contributed by atoms with Crippen molar-refractivity contribution in [2.75, 3.05) is 23.3 Å². The Hall–Kier alpha value is -3.62. The molecule has 32 heavy (non-hydrogen) atoms. The van der Waals surface area contributed by atoms with Gasteiger partial charge in [0, 0.05) is 19.2 Å². The number of carbonyl (C=O) groups excluding carboxylic acids is 1. The lowest BCUT2D eigenvalue weighted by molar-refractivity contribution is -0.137. The fourth-order valence-corrected chi connectivity index (χ4v) is 3.70. The van der Waals surface area contributed by atoms with Crippen LogP contribution < -0.4 is 15.8 Å². The van der Waals surface area contributed by atoms with E-state index in [1.165, 1.54) is 18.2 Å². The Bertz CT molecular complexity index is 1170. The van der Waals surface area contributed by atoms with Gasteiger partial charge < -0.3 is 10.2 Å². The zero-order valence-electron chi connectivity index (χ0n) is 17.1. The van der Waals surface area contributed by atoms with Crippen molar-refractivity contribution >= 4 is 17.3 Å². The second-order valence-electron chi connectivity index (χ2n) is 7.54. The van der Waals surface area contributed by atoms with Crippen molar-refractivity contribution in [2.45, 2.75) is 25.4 Å². The summed E-state index contributed by atoms with van der Waals surface area (Å²) in [6, 6.07) is 14.4. The Morgan fingerprint density at radius 2 is 1.66 bits per heavy atom. The van der Waals surface area contributed by atoms with E-state index in [2.05, 4.69) is 10.4 Å². The van der Waals surface area contributed by atoms with Crippen LogP contribution in [0.2, 0.25) is 0 Å². The van der Waals surface area contributed by atoms with Crippen LogP contribution in [0.1, 0.15) is 35.3 Å². The van der Waals surface area contributed by atoms with Gasteiger partial charge in [-0.1, -0.05) is 18.2 Å². The number of nitrogens with zero attached hydrogens (tertiary/aromatic N) is 3. The first kappa shape index (κ1) is 21.6. The molecule has 3 aromatic rings. The summed E-state index contributed by atoms with van der Waals surface area (Å²) in [5, 5.41) is 6.68. The third-order valence-corrected chi connectivity index (χ3v) is 5.30. The second-order valence-corrected chi connectivity index (χ2v) is 7.54. The first-order valence-electron chi connectivity index (χ1n) is 10.3. The van der Waals surface area contributed by atoms with Gasteiger partial charge in [0.25, 0.3) is 11.5 Å². The van der Waals surface area contributed by atoms with Crippen LogP contribution in [0, 0.1) is 0 Å². The molecule has 6 nitrogen and oxygen atoms in total. The summed E-state index contributed by atoms with van der Waals surface area (Å²) in [6.45, 7) is 1.40. The molecular weight excluding hydrogens is 421 g/mol. The highest BCUT2D eigenvalue weighted by Gasteiger charge is 2.32. The molecule has 0 spiro atoms. The zero-order valence-corrected chi connectivity index (χ0v) is 17.1. The predicted octanol–water partition coefficient (Wildman–Crippen LogP) is 4.49. The minimum atomic E-state index is -4.54. The molecule has 1 saturated heterocycles. The lowest BCUT2D eigenvalue weighted by Gasteiger charge is -2.31. The summed E-state index contributed by atoms with van der Waals surface area (Å²) < 4.78 is 41.0. The fourth-order valence-electron chi connectivity index (χ4n) is 3.70. The number of anilines is 2. The smallest absolute Gasteiger partial charge is 0.370 e. The molecule has 1 aromatic heterocycles. The SMILES string of the molecule is O=C(Nc1cc(C(F)(F)F)ccc1N1CCCCC1)c1ccc(=O)n(-c2ccccc2)n1. The van der Waals surface area contributed by atoms with Gasteiger partial charge in [-0.05, 0) is 55.7 Å². The number of amides is 1. The standard InChI is InChI=1S/C23H21F3N4O2/c24-23(25,26)16-9-11-20(29-13-5-2-6-14-29)19(15-16)27-22(32)18-10-12-21(31)30(28-18)17-7-3-1-4-8-17/h1,3-4,7-12,15H,2,5-6,13-14H2,(H,27,32). The Morgan fingerprint density at radius 1 is 0.938 bits per heavy atom. The zero-order chi connectivity index (χ0) is 22.7. The normalized spacial score (nSPS) is 14.3. The van der Waals surface area contributed by atoms with E-state index in [1.54, 1.807) is 30.3 Å². The molecule has 1 aliphatic rings. The lowest BCUT2D eigenvalue weighted by atomic mass is 10.1. The Kier molecular flexibility index (Phi) is 5.98. The van der Waals surface area contributed by atoms with E-state index in [4.69, 9.17) is 0 Å². The van der Waals surface area contributed by atoms with Gasteiger partial charge in [-0.25, -0.2) is 0 Å². The van der Waals surface area contributed by atoms with Crippen LogP contribution in [0.4, 0.5) is 24.5 Å². The number of nitrogens with one attached hydrogen (secondary N) is 1. The number of hydrogen-bond acceptors (Lipinski definition) is 4. The average Bonchev–Trinajstić information content (AvgIpc) is 2.80. The van der Waals surface area contributed by atoms with Gasteiger partial charge in [0.1, 0.15) is 5.69 Å². The Labute approximate surface area is 182 Å². The van der Waals surface area contributed by atoms with Crippen molar-refractivity contribution in [2.24, 2.45) is 0 Å². The molecular formula is C23H21F3N4O2. The number of para-hydroxylation sites is 1. The highest BCUT2D eigenvalue weighted by molar-refractivity contribution is 6.04. The summed E-state index contributed by atoms with van der Waals surface area (Å²) in [5.74, 6) is -0.702. The van der Waals surface area contributed by atoms with Crippen LogP contribution in [-0.4, -0.2) is 28.8 Å². The van der Waals surface area contributed by atoms with E-state index in [9.17, 15) is 22.8 Å². The molecule has 1 amide bonds. The summed E-state index contributed by atoms with van der Waals surface area (Å²) in [4.78, 5) is 27.1. The van der Waals surface area contributed by atoms with Crippen LogP contribution in [0.25, 0.3) is 5.69 Å². The van der Waals surface area contributed by atoms with Crippen molar-refractivity contribution < 1.29 is 18.0 Å². The van der Waals surface area contributed by atoms with Crippen LogP contribution in [0.15, 0.2) is 65.5 Å². The van der Waals surface area contributed by atoms with E-state index in [1.807, 2.05) is 4.90 Å². The van der Waals surface area contributed by atoms with E-state index >= 15 is 0 Å². The summed E-state index contributed by atoms with van der Waals surface area (Å²) in [5.41, 5.74) is -0.305. The van der Waals surface area contributed by atoms with E-state index in [0.29, 0.717) is 24.5 Å². The maximum Gasteiger partial charge on any atom is 0.416 e. The molecule has 9 heteroatoms. The average molecular weight is 442 g/mol. The monoisotopic (exact) mass is 442 g/mol. The van der Waals surface area contributed by atoms with Crippen molar-refractivity contribution in [1.29, 1.82) is 0 Å². The molecule has 0 bridgehead atoms. The van der Waals surface area contributed by atoms with E-state index < -0.39 is 23.2 Å². The summed E-state index contributed by atoms with van der Waals surface area (Å²) in [7, 11) is 0. The summed E-state index contributed by atoms with van der Waals surface area (Å²) in [6.07, 6.45) is -1.63. The Morgan fingerprint density at radius 3 is 2.34 bits per heavy atom. The molecule has 2 aromatic carbocycles. The van der Waals surface area contributed by atoms with Crippen molar-refractivity contribution in [1.82, 2.24) is 9.78 Å². The molecule has 1 N–H and O–H groups in total. The number of piperidine rings is 1. The quantitative estimate of drug-likeness (QED) is 0.647. The predicted molar refractivity (Wildman–Crippen MR) is 115 cm³/mol. The third-order valence-electron chi connectivity index (χ3n) is 5.30. The second kappa shape index (κ2) is 8.86. The maximum atomic E-state index is 13.3. The lowest BCUT2D eigenvalue weighted by Crippen LogP contribution is -2.31. The number of alkyl halides is 3. The minimum absolute atomic E-state index is 0.0611. The molecule has 0 aliphatic carbocycles. The highest BCUT2D eigenvalue weighted by Crippen LogP contribution is 2.36. The van der Waals surface area contributed by atoms with Crippen LogP contribution >= 0.6 is 0 Å². The van der Waals surface area contributed by atoms with Gasteiger partial charge in [-0.2, -0.15) is 23.0 Å². The van der Waals surface area contributed by atoms with Gasteiger partial charge >= 0.3 is 6.18 Å². The van der Waals surface area contributed by atoms with Crippen LogP contribution in [0.5, 0.6) is 0 Å². The fraction of sp³-hybridized carbons (Fsp3) is 0.261. The van der Waals surface area contributed by atoms with Gasteiger partial charge in [-0.3, -0.25) is 9.59 Å². The topological polar surface area (TPSA) is 67.2 Å². The highest BCUT2D eigenvalue weighted by atomic mass is 19.4. The molecule has 1 aliphatic heterocycles. The molecule has 4 rings (SSSR count). The first-order chi connectivity index (χ1) is 15.3. The van der Waals surface area contributed by atoms with Gasteiger partial charge in [0.2, 0.25) is 0 Å². The number of carbonyl (C=O) groups is 1. The number of hydrogen-bond donors (Lipinski definition) is 1. The Balaban J connectivity index is 1.68. The molecule has 0 unspecified atom stereocenters. The van der Waals surface area contributed by atoms with Crippen LogP contribution in [0.3, 0.4) is 0 Å². The van der Waals surface area contributed by atoms with Gasteiger partial charge in [0.05, 0.1) is 22.6 Å². The van der Waals surface area contributed by atoms with Crippen molar-refractivity contribution in [3.8, 4) is 5.69 Å². The molecule has 166 valence electrons. The molecule has 0 saturated carbocycles. The number of rotatable bonds is 4. The molecule has 1 fully saturated rings. The maximum absolute atomic E-state index is 13.3. The van der Waals surface area contributed by atoms with Crippen molar-refractivity contribution in [3.63, 3.8) is 0 Å². The minimum Gasteiger partial charge on any atom is -0.370 e. The number of aromatic nitrogens is 2. The van der Waals surface area contributed by atoms with E-state index in [-0.39, 0.29) is 11.4 Å². The molecule has 0 atom stereocenters. The number of halogens is 3. The number of benzene rings is 2. The van der Waals surface area contributed by atoms with Crippen molar-refractivity contribution in [3.05, 3.63) is 82.3 Å².